The number of nitrogens with one attached hydrogen (secondary N) is 1. The number of amides is 1. The Hall–Kier alpha value is -2.18. The molecular formula is C20H25N3O3. The molecule has 2 fully saturated rings. The van der Waals surface area contributed by atoms with Crippen LogP contribution in [0.25, 0.3) is 10.9 Å². The predicted octanol–water partition coefficient (Wildman–Crippen LogP) is 1.41. The highest BCUT2D eigenvalue weighted by atomic mass is 16.5. The van der Waals surface area contributed by atoms with Gasteiger partial charge in [-0.3, -0.25) is 14.5 Å². The molecule has 0 bridgehead atoms. The number of para-hydroxylation sites is 1. The maximum absolute atomic E-state index is 12.7. The highest BCUT2D eigenvalue weighted by molar-refractivity contribution is 5.79. The van der Waals surface area contributed by atoms with Crippen molar-refractivity contribution in [2.45, 2.75) is 31.4 Å². The van der Waals surface area contributed by atoms with Gasteiger partial charge in [-0.05, 0) is 30.4 Å². The standard InChI is InChI=1S/C20H25N3O3/c1-22-17-5-3-2-4-15(17)12-16(19(22)25)14-23-9-6-20(7-10-23)13-18(24)21-8-11-26-20/h2-5,12H,6-11,13-14H2,1H3,(H,21,24). The highest BCUT2D eigenvalue weighted by Gasteiger charge is 2.38. The number of aromatic nitrogens is 1. The maximum Gasteiger partial charge on any atom is 0.255 e. The molecule has 0 unspecified atom stereocenters. The number of piperidine rings is 1. The third-order valence-electron chi connectivity index (χ3n) is 5.68. The molecule has 6 heteroatoms. The van der Waals surface area contributed by atoms with Gasteiger partial charge in [-0.25, -0.2) is 0 Å². The summed E-state index contributed by atoms with van der Waals surface area (Å²) in [5.74, 6) is 0.0827. The Morgan fingerprint density at radius 3 is 2.77 bits per heavy atom. The molecule has 0 radical (unpaired) electrons. The fourth-order valence-electron chi connectivity index (χ4n) is 4.15. The van der Waals surface area contributed by atoms with Crippen molar-refractivity contribution in [3.8, 4) is 0 Å². The van der Waals surface area contributed by atoms with E-state index in [4.69, 9.17) is 4.74 Å². The van der Waals surface area contributed by atoms with Gasteiger partial charge in [0.25, 0.3) is 5.56 Å². The van der Waals surface area contributed by atoms with Crippen LogP contribution in [-0.4, -0.2) is 47.2 Å². The summed E-state index contributed by atoms with van der Waals surface area (Å²) in [7, 11) is 1.83. The molecule has 0 saturated carbocycles. The zero-order chi connectivity index (χ0) is 18.1. The highest BCUT2D eigenvalue weighted by Crippen LogP contribution is 2.31. The smallest absolute Gasteiger partial charge is 0.255 e. The van der Waals surface area contributed by atoms with Crippen molar-refractivity contribution in [3.63, 3.8) is 0 Å². The van der Waals surface area contributed by atoms with Gasteiger partial charge in [-0.1, -0.05) is 18.2 Å². The molecule has 2 aliphatic rings. The summed E-state index contributed by atoms with van der Waals surface area (Å²) in [5, 5.41) is 3.96. The number of pyridine rings is 1. The molecule has 0 atom stereocenters. The number of aryl methyl sites for hydroxylation is 1. The van der Waals surface area contributed by atoms with Crippen LogP contribution in [0, 0.1) is 0 Å². The van der Waals surface area contributed by atoms with Crippen molar-refractivity contribution in [1.82, 2.24) is 14.8 Å². The Morgan fingerprint density at radius 2 is 1.96 bits per heavy atom. The molecule has 138 valence electrons. The molecule has 1 aromatic heterocycles. The number of hydrogen-bond acceptors (Lipinski definition) is 4. The molecular weight excluding hydrogens is 330 g/mol. The van der Waals surface area contributed by atoms with Crippen LogP contribution in [-0.2, 0) is 23.1 Å². The Morgan fingerprint density at radius 1 is 1.19 bits per heavy atom. The first-order valence-corrected chi connectivity index (χ1v) is 9.27. The monoisotopic (exact) mass is 355 g/mol. The lowest BCUT2D eigenvalue weighted by molar-refractivity contribution is -0.128. The van der Waals surface area contributed by atoms with Crippen molar-refractivity contribution in [2.24, 2.45) is 7.05 Å². The van der Waals surface area contributed by atoms with E-state index in [1.807, 2.05) is 37.4 Å². The largest absolute Gasteiger partial charge is 0.373 e. The number of hydrogen-bond donors (Lipinski definition) is 1. The van der Waals surface area contributed by atoms with Gasteiger partial charge >= 0.3 is 0 Å². The Bertz CT molecular complexity index is 881. The molecule has 6 nitrogen and oxygen atoms in total. The van der Waals surface area contributed by atoms with Crippen molar-refractivity contribution >= 4 is 16.8 Å². The fraction of sp³-hybridized carbons (Fsp3) is 0.500. The lowest BCUT2D eigenvalue weighted by Crippen LogP contribution is -2.47. The summed E-state index contributed by atoms with van der Waals surface area (Å²) in [4.78, 5) is 26.9. The molecule has 2 saturated heterocycles. The number of nitrogens with zero attached hydrogens (tertiary/aromatic N) is 2. The average Bonchev–Trinajstić information content (AvgIpc) is 2.83. The van der Waals surface area contributed by atoms with E-state index in [0.29, 0.717) is 26.1 Å². The molecule has 0 aliphatic carbocycles. The number of carbonyl (C=O) groups is 1. The minimum absolute atomic E-state index is 0.0640. The number of carbonyl (C=O) groups excluding carboxylic acids is 1. The number of benzene rings is 1. The van der Waals surface area contributed by atoms with Gasteiger partial charge in [0.1, 0.15) is 0 Å². The van der Waals surface area contributed by atoms with Gasteiger partial charge in [0, 0.05) is 38.8 Å². The lowest BCUT2D eigenvalue weighted by Gasteiger charge is -2.40. The van der Waals surface area contributed by atoms with Crippen LogP contribution in [0.3, 0.4) is 0 Å². The first kappa shape index (κ1) is 17.2. The topological polar surface area (TPSA) is 63.6 Å². The summed E-state index contributed by atoms with van der Waals surface area (Å²) in [6.45, 7) is 3.49. The summed E-state index contributed by atoms with van der Waals surface area (Å²) >= 11 is 0. The molecule has 4 rings (SSSR count). The zero-order valence-corrected chi connectivity index (χ0v) is 15.2. The van der Waals surface area contributed by atoms with Gasteiger partial charge in [0.15, 0.2) is 0 Å². The van der Waals surface area contributed by atoms with Crippen LogP contribution < -0.4 is 10.9 Å². The van der Waals surface area contributed by atoms with E-state index in [-0.39, 0.29) is 17.1 Å². The summed E-state index contributed by atoms with van der Waals surface area (Å²) < 4.78 is 7.76. The van der Waals surface area contributed by atoms with Crippen LogP contribution in [0.15, 0.2) is 35.1 Å². The first-order chi connectivity index (χ1) is 12.6. The SMILES string of the molecule is Cn1c(=O)c(CN2CCC3(CC2)CC(=O)NCCO3)cc2ccccc21. The van der Waals surface area contributed by atoms with E-state index in [1.54, 1.807) is 4.57 Å². The van der Waals surface area contributed by atoms with E-state index < -0.39 is 0 Å². The fourth-order valence-corrected chi connectivity index (χ4v) is 4.15. The van der Waals surface area contributed by atoms with Crippen LogP contribution >= 0.6 is 0 Å². The van der Waals surface area contributed by atoms with Crippen molar-refractivity contribution in [2.75, 3.05) is 26.2 Å². The third-order valence-corrected chi connectivity index (χ3v) is 5.68. The van der Waals surface area contributed by atoms with E-state index in [0.717, 1.165) is 42.4 Å². The predicted molar refractivity (Wildman–Crippen MR) is 100 cm³/mol. The van der Waals surface area contributed by atoms with Crippen LogP contribution in [0.2, 0.25) is 0 Å². The van der Waals surface area contributed by atoms with Gasteiger partial charge in [0.2, 0.25) is 5.91 Å². The Kier molecular flexibility index (Phi) is 4.54. The van der Waals surface area contributed by atoms with Crippen molar-refractivity contribution < 1.29 is 9.53 Å². The summed E-state index contributed by atoms with van der Waals surface area (Å²) in [6, 6.07) is 9.97. The van der Waals surface area contributed by atoms with Gasteiger partial charge in [-0.15, -0.1) is 0 Å². The minimum atomic E-state index is -0.328. The second-order valence-corrected chi connectivity index (χ2v) is 7.43. The first-order valence-electron chi connectivity index (χ1n) is 9.27. The Labute approximate surface area is 152 Å². The molecule has 2 aliphatic heterocycles. The molecule has 26 heavy (non-hydrogen) atoms. The van der Waals surface area contributed by atoms with Gasteiger partial charge in [0.05, 0.1) is 24.1 Å². The minimum Gasteiger partial charge on any atom is -0.373 e. The van der Waals surface area contributed by atoms with E-state index in [2.05, 4.69) is 10.2 Å². The third kappa shape index (κ3) is 3.27. The van der Waals surface area contributed by atoms with Gasteiger partial charge in [-0.2, -0.15) is 0 Å². The number of likely N-dealkylation sites (tertiary alicyclic amines) is 1. The van der Waals surface area contributed by atoms with E-state index in [1.165, 1.54) is 0 Å². The van der Waals surface area contributed by atoms with E-state index in [9.17, 15) is 9.59 Å². The van der Waals surface area contributed by atoms with Crippen LogP contribution in [0.1, 0.15) is 24.8 Å². The normalized spacial score (nSPS) is 20.9. The lowest BCUT2D eigenvalue weighted by atomic mass is 9.87. The van der Waals surface area contributed by atoms with Gasteiger partial charge < -0.3 is 14.6 Å². The zero-order valence-electron chi connectivity index (χ0n) is 15.2. The molecule has 1 N–H and O–H groups in total. The van der Waals surface area contributed by atoms with Crippen molar-refractivity contribution in [1.29, 1.82) is 0 Å². The molecule has 1 aromatic carbocycles. The average molecular weight is 355 g/mol. The molecule has 3 heterocycles. The van der Waals surface area contributed by atoms with E-state index >= 15 is 0 Å². The quantitative estimate of drug-likeness (QED) is 0.885. The second kappa shape index (κ2) is 6.85. The maximum atomic E-state index is 12.7. The van der Waals surface area contributed by atoms with Crippen LogP contribution in [0.5, 0.6) is 0 Å². The molecule has 2 aromatic rings. The summed E-state index contributed by atoms with van der Waals surface area (Å²) in [6.07, 6.45) is 2.10. The van der Waals surface area contributed by atoms with Crippen LogP contribution in [0.4, 0.5) is 0 Å². The molecule has 1 amide bonds. The number of rotatable bonds is 2. The number of fused-ring (bicyclic) bond motifs is 1. The second-order valence-electron chi connectivity index (χ2n) is 7.43. The van der Waals surface area contributed by atoms with Crippen molar-refractivity contribution in [3.05, 3.63) is 46.2 Å². The molecule has 1 spiro atoms. The Balaban J connectivity index is 1.49. The number of ether oxygens (including phenoxy) is 1. The summed E-state index contributed by atoms with van der Waals surface area (Å²) in [5.41, 5.74) is 1.51.